The topological polar surface area (TPSA) is 61.9 Å². The van der Waals surface area contributed by atoms with Crippen LogP contribution < -0.4 is 5.32 Å². The Morgan fingerprint density at radius 1 is 1.00 bits per heavy atom. The molecule has 2 aliphatic rings. The van der Waals surface area contributed by atoms with Crippen LogP contribution in [-0.2, 0) is 14.3 Å². The van der Waals surface area contributed by atoms with Crippen LogP contribution in [0, 0.1) is 0 Å². The van der Waals surface area contributed by atoms with Crippen molar-refractivity contribution in [3.8, 4) is 0 Å². The largest absolute Gasteiger partial charge is 0.465 e. The van der Waals surface area contributed by atoms with Crippen LogP contribution in [0.15, 0.2) is 72.8 Å². The molecule has 0 aliphatic carbocycles. The Morgan fingerprint density at radius 2 is 1.74 bits per heavy atom. The molecular formula is C25H25N3O3. The number of carbonyl (C=O) groups is 2. The molecule has 2 saturated heterocycles. The molecule has 1 amide bonds. The van der Waals surface area contributed by atoms with E-state index in [-0.39, 0.29) is 17.9 Å². The van der Waals surface area contributed by atoms with Crippen molar-refractivity contribution in [2.24, 2.45) is 0 Å². The third kappa shape index (κ3) is 3.48. The Balaban J connectivity index is 1.59. The van der Waals surface area contributed by atoms with E-state index in [1.165, 1.54) is 0 Å². The van der Waals surface area contributed by atoms with Gasteiger partial charge in [-0.25, -0.2) is 5.01 Å². The molecule has 0 aromatic heterocycles. The maximum absolute atomic E-state index is 13.0. The minimum atomic E-state index is -0.596. The number of benzene rings is 3. The summed E-state index contributed by atoms with van der Waals surface area (Å²) in [4.78, 5) is 26.0. The molecule has 1 N–H and O–H groups in total. The second-order valence-corrected chi connectivity index (χ2v) is 7.91. The van der Waals surface area contributed by atoms with Crippen molar-refractivity contribution in [3.63, 3.8) is 0 Å². The number of carbonyl (C=O) groups excluding carboxylic acids is 2. The van der Waals surface area contributed by atoms with Gasteiger partial charge in [-0.1, -0.05) is 66.7 Å². The van der Waals surface area contributed by atoms with E-state index in [2.05, 4.69) is 29.6 Å². The Bertz CT molecular complexity index is 1120. The van der Waals surface area contributed by atoms with Gasteiger partial charge in [-0.3, -0.25) is 19.9 Å². The molecule has 3 aromatic carbocycles. The lowest BCUT2D eigenvalue weighted by atomic mass is 9.95. The summed E-state index contributed by atoms with van der Waals surface area (Å²) in [6.45, 7) is 2.69. The Morgan fingerprint density at radius 3 is 2.52 bits per heavy atom. The zero-order chi connectivity index (χ0) is 21.4. The first kappa shape index (κ1) is 19.7. The standard InChI is InChI=1S/C25H25N3O3/c1-2-31-25(30)22-23(18-9-4-3-5-10-18)27-15-14-21(29)28(27)24(26-22)20-13-12-17-8-6-7-11-19(17)16-20/h3-13,16,22-24,26H,2,14-15H2,1H3. The number of hydrogen-bond donors (Lipinski definition) is 1. The van der Waals surface area contributed by atoms with Gasteiger partial charge in [0.25, 0.3) is 0 Å². The van der Waals surface area contributed by atoms with E-state index in [0.717, 1.165) is 21.9 Å². The molecule has 158 valence electrons. The zero-order valence-corrected chi connectivity index (χ0v) is 17.4. The molecular weight excluding hydrogens is 390 g/mol. The quantitative estimate of drug-likeness (QED) is 0.660. The molecule has 3 atom stereocenters. The van der Waals surface area contributed by atoms with Crippen LogP contribution in [0.2, 0.25) is 0 Å². The Kier molecular flexibility index (Phi) is 5.18. The van der Waals surface area contributed by atoms with Crippen LogP contribution in [0.3, 0.4) is 0 Å². The fraction of sp³-hybridized carbons (Fsp3) is 0.280. The molecule has 0 radical (unpaired) electrons. The highest BCUT2D eigenvalue weighted by Gasteiger charge is 2.50. The summed E-state index contributed by atoms with van der Waals surface area (Å²) in [6, 6.07) is 23.2. The lowest BCUT2D eigenvalue weighted by molar-refractivity contribution is -0.174. The lowest BCUT2D eigenvalue weighted by Crippen LogP contribution is -2.63. The third-order valence-corrected chi connectivity index (χ3v) is 6.08. The van der Waals surface area contributed by atoms with Gasteiger partial charge in [0, 0.05) is 13.0 Å². The van der Waals surface area contributed by atoms with Crippen LogP contribution in [0.1, 0.15) is 36.7 Å². The van der Waals surface area contributed by atoms with Gasteiger partial charge >= 0.3 is 5.97 Å². The Labute approximate surface area is 181 Å². The van der Waals surface area contributed by atoms with E-state index >= 15 is 0 Å². The highest BCUT2D eigenvalue weighted by atomic mass is 16.5. The molecule has 3 aromatic rings. The van der Waals surface area contributed by atoms with Crippen LogP contribution in [0.25, 0.3) is 10.8 Å². The molecule has 0 bridgehead atoms. The highest BCUT2D eigenvalue weighted by molar-refractivity contribution is 5.84. The summed E-state index contributed by atoms with van der Waals surface area (Å²) in [5.41, 5.74) is 1.92. The van der Waals surface area contributed by atoms with Crippen molar-refractivity contribution < 1.29 is 14.3 Å². The van der Waals surface area contributed by atoms with Crippen molar-refractivity contribution in [1.29, 1.82) is 0 Å². The summed E-state index contributed by atoms with van der Waals surface area (Å²) < 4.78 is 5.43. The fourth-order valence-corrected chi connectivity index (χ4v) is 4.70. The second-order valence-electron chi connectivity index (χ2n) is 7.91. The van der Waals surface area contributed by atoms with E-state index in [0.29, 0.717) is 19.6 Å². The molecule has 3 unspecified atom stereocenters. The number of ether oxygens (including phenoxy) is 1. The third-order valence-electron chi connectivity index (χ3n) is 6.08. The zero-order valence-electron chi connectivity index (χ0n) is 17.4. The molecule has 31 heavy (non-hydrogen) atoms. The smallest absolute Gasteiger partial charge is 0.325 e. The van der Waals surface area contributed by atoms with Crippen LogP contribution in [0.4, 0.5) is 0 Å². The minimum Gasteiger partial charge on any atom is -0.465 e. The number of esters is 1. The van der Waals surface area contributed by atoms with E-state index in [1.54, 1.807) is 5.01 Å². The van der Waals surface area contributed by atoms with Gasteiger partial charge in [-0.05, 0) is 34.9 Å². The van der Waals surface area contributed by atoms with E-state index < -0.39 is 12.2 Å². The lowest BCUT2D eigenvalue weighted by Gasteiger charge is -2.48. The van der Waals surface area contributed by atoms with E-state index in [9.17, 15) is 9.59 Å². The van der Waals surface area contributed by atoms with Crippen LogP contribution in [-0.4, -0.2) is 41.1 Å². The maximum Gasteiger partial charge on any atom is 0.325 e. The van der Waals surface area contributed by atoms with E-state index in [4.69, 9.17) is 4.74 Å². The first-order valence-corrected chi connectivity index (χ1v) is 10.7. The number of nitrogens with zero attached hydrogens (tertiary/aromatic N) is 2. The average Bonchev–Trinajstić information content (AvgIpc) is 3.20. The highest BCUT2D eigenvalue weighted by Crippen LogP contribution is 2.40. The summed E-state index contributed by atoms with van der Waals surface area (Å²) in [5.74, 6) is -0.255. The van der Waals surface area contributed by atoms with Crippen molar-refractivity contribution in [2.75, 3.05) is 13.2 Å². The SMILES string of the molecule is CCOC(=O)C1NC(c2ccc3ccccc3c2)N2C(=O)CCN2C1c1ccccc1. The Hall–Kier alpha value is -3.22. The minimum absolute atomic E-state index is 0.0499. The predicted molar refractivity (Wildman–Crippen MR) is 118 cm³/mol. The molecule has 2 aliphatic heterocycles. The summed E-state index contributed by atoms with van der Waals surface area (Å²) >= 11 is 0. The normalized spacial score (nSPS) is 23.7. The molecule has 2 fully saturated rings. The predicted octanol–water partition coefficient (Wildman–Crippen LogP) is 3.56. The van der Waals surface area contributed by atoms with Gasteiger partial charge < -0.3 is 4.74 Å². The summed E-state index contributed by atoms with van der Waals surface area (Å²) in [5, 5.41) is 9.52. The first-order valence-electron chi connectivity index (χ1n) is 10.7. The van der Waals surface area contributed by atoms with E-state index in [1.807, 2.05) is 60.5 Å². The van der Waals surface area contributed by atoms with Gasteiger partial charge in [0.15, 0.2) is 0 Å². The second kappa shape index (κ2) is 8.13. The monoisotopic (exact) mass is 415 g/mol. The van der Waals surface area contributed by atoms with Gasteiger partial charge in [0.1, 0.15) is 12.2 Å². The van der Waals surface area contributed by atoms with Crippen LogP contribution in [0.5, 0.6) is 0 Å². The first-order chi connectivity index (χ1) is 15.2. The van der Waals surface area contributed by atoms with Crippen molar-refractivity contribution >= 4 is 22.6 Å². The van der Waals surface area contributed by atoms with Gasteiger partial charge in [0.2, 0.25) is 5.91 Å². The van der Waals surface area contributed by atoms with Gasteiger partial charge in [0.05, 0.1) is 12.6 Å². The number of amides is 1. The molecule has 0 saturated carbocycles. The fourth-order valence-electron chi connectivity index (χ4n) is 4.70. The summed E-state index contributed by atoms with van der Waals surface area (Å²) in [6.07, 6.45) is -0.0149. The average molecular weight is 415 g/mol. The number of fused-ring (bicyclic) bond motifs is 2. The van der Waals surface area contributed by atoms with Crippen molar-refractivity contribution in [2.45, 2.75) is 31.6 Å². The molecule has 0 spiro atoms. The number of hydrazine groups is 1. The number of hydrogen-bond acceptors (Lipinski definition) is 5. The molecule has 6 heteroatoms. The molecule has 2 heterocycles. The number of nitrogens with one attached hydrogen (secondary N) is 1. The summed E-state index contributed by atoms with van der Waals surface area (Å²) in [7, 11) is 0. The van der Waals surface area contributed by atoms with Gasteiger partial charge in [-0.2, -0.15) is 0 Å². The van der Waals surface area contributed by atoms with Crippen molar-refractivity contribution in [1.82, 2.24) is 15.3 Å². The molecule has 6 nitrogen and oxygen atoms in total. The maximum atomic E-state index is 13.0. The number of rotatable bonds is 4. The van der Waals surface area contributed by atoms with Crippen molar-refractivity contribution in [3.05, 3.63) is 83.9 Å². The van der Waals surface area contributed by atoms with Gasteiger partial charge in [-0.15, -0.1) is 0 Å². The van der Waals surface area contributed by atoms with Crippen LogP contribution >= 0.6 is 0 Å². The molecule has 5 rings (SSSR count).